The molecule has 0 fully saturated rings. The van der Waals surface area contributed by atoms with Crippen molar-refractivity contribution in [1.29, 1.82) is 0 Å². The maximum atomic E-state index is 12.4. The van der Waals surface area contributed by atoms with Gasteiger partial charge in [0.2, 0.25) is 5.91 Å². The van der Waals surface area contributed by atoms with Gasteiger partial charge in [0.25, 0.3) is 0 Å². The Balaban J connectivity index is 2.21. The summed E-state index contributed by atoms with van der Waals surface area (Å²) in [6, 6.07) is 15.1. The third kappa shape index (κ3) is 5.35. The van der Waals surface area contributed by atoms with Crippen molar-refractivity contribution in [3.63, 3.8) is 0 Å². The van der Waals surface area contributed by atoms with Crippen LogP contribution in [0.3, 0.4) is 0 Å². The molecule has 2 rings (SSSR count). The quantitative estimate of drug-likeness (QED) is 0.761. The first-order chi connectivity index (χ1) is 11.5. The number of rotatable bonds is 7. The maximum absolute atomic E-state index is 12.4. The van der Waals surface area contributed by atoms with Crippen LogP contribution in [0.25, 0.3) is 0 Å². The first-order valence-corrected chi connectivity index (χ1v) is 8.71. The van der Waals surface area contributed by atoms with Crippen LogP contribution in [0.15, 0.2) is 53.0 Å². The molecule has 5 heteroatoms. The lowest BCUT2D eigenvalue weighted by molar-refractivity contribution is -0.121. The Bertz CT molecular complexity index is 674. The first kappa shape index (κ1) is 18.5. The first-order valence-electron chi connectivity index (χ1n) is 7.92. The highest BCUT2D eigenvalue weighted by Crippen LogP contribution is 2.35. The summed E-state index contributed by atoms with van der Waals surface area (Å²) >= 11 is 3.44. The number of benzene rings is 2. The Morgan fingerprint density at radius 1 is 1.21 bits per heavy atom. The standard InChI is InChI=1S/C19H23BrN2O2/c1-22(2)11-10-21-19(24)13-16(14-6-4-3-5-7-14)17-12-15(20)8-9-18(17)23/h3-9,12,16,23H,10-11,13H2,1-2H3,(H,21,24). The van der Waals surface area contributed by atoms with Gasteiger partial charge in [0.15, 0.2) is 0 Å². The van der Waals surface area contributed by atoms with E-state index in [0.717, 1.165) is 22.1 Å². The average molecular weight is 391 g/mol. The molecule has 2 N–H and O–H groups in total. The largest absolute Gasteiger partial charge is 0.508 e. The summed E-state index contributed by atoms with van der Waals surface area (Å²) in [4.78, 5) is 14.4. The molecule has 128 valence electrons. The van der Waals surface area contributed by atoms with Crippen molar-refractivity contribution in [3.05, 3.63) is 64.1 Å². The van der Waals surface area contributed by atoms with Crippen LogP contribution in [0.5, 0.6) is 5.75 Å². The predicted octanol–water partition coefficient (Wildman–Crippen LogP) is 3.35. The van der Waals surface area contributed by atoms with Crippen LogP contribution in [-0.4, -0.2) is 43.1 Å². The third-order valence-corrected chi connectivity index (χ3v) is 4.33. The summed E-state index contributed by atoms with van der Waals surface area (Å²) in [5.41, 5.74) is 1.76. The second-order valence-corrected chi connectivity index (χ2v) is 6.94. The molecule has 1 unspecified atom stereocenters. The number of hydrogen-bond donors (Lipinski definition) is 2. The number of amides is 1. The van der Waals surface area contributed by atoms with Crippen molar-refractivity contribution in [3.8, 4) is 5.75 Å². The highest BCUT2D eigenvalue weighted by molar-refractivity contribution is 9.10. The van der Waals surface area contributed by atoms with Crippen LogP contribution in [0.2, 0.25) is 0 Å². The Morgan fingerprint density at radius 2 is 1.92 bits per heavy atom. The molecule has 0 spiro atoms. The molecule has 0 aliphatic carbocycles. The van der Waals surface area contributed by atoms with E-state index in [4.69, 9.17) is 0 Å². The fraction of sp³-hybridized carbons (Fsp3) is 0.316. The summed E-state index contributed by atoms with van der Waals surface area (Å²) in [5.74, 6) is -0.0127. The minimum Gasteiger partial charge on any atom is -0.508 e. The van der Waals surface area contributed by atoms with Gasteiger partial charge < -0.3 is 15.3 Å². The highest BCUT2D eigenvalue weighted by atomic mass is 79.9. The van der Waals surface area contributed by atoms with Gasteiger partial charge in [0.1, 0.15) is 5.75 Å². The Hall–Kier alpha value is -1.85. The number of carbonyl (C=O) groups excluding carboxylic acids is 1. The number of halogens is 1. The van der Waals surface area contributed by atoms with Crippen molar-refractivity contribution in [1.82, 2.24) is 10.2 Å². The lowest BCUT2D eigenvalue weighted by atomic mass is 9.87. The van der Waals surface area contributed by atoms with Crippen LogP contribution in [0, 0.1) is 0 Å². The molecular formula is C19H23BrN2O2. The fourth-order valence-electron chi connectivity index (χ4n) is 2.57. The van der Waals surface area contributed by atoms with Crippen LogP contribution in [-0.2, 0) is 4.79 Å². The van der Waals surface area contributed by atoms with Crippen LogP contribution < -0.4 is 5.32 Å². The fourth-order valence-corrected chi connectivity index (χ4v) is 2.95. The number of nitrogens with one attached hydrogen (secondary N) is 1. The molecular weight excluding hydrogens is 368 g/mol. The molecule has 0 aromatic heterocycles. The van der Waals surface area contributed by atoms with E-state index in [1.165, 1.54) is 0 Å². The predicted molar refractivity (Wildman–Crippen MR) is 100 cm³/mol. The van der Waals surface area contributed by atoms with Gasteiger partial charge in [-0.25, -0.2) is 0 Å². The van der Waals surface area contributed by atoms with Gasteiger partial charge >= 0.3 is 0 Å². The topological polar surface area (TPSA) is 52.6 Å². The minimum atomic E-state index is -0.192. The summed E-state index contributed by atoms with van der Waals surface area (Å²) < 4.78 is 0.879. The molecule has 0 saturated carbocycles. The van der Waals surface area contributed by atoms with E-state index in [0.29, 0.717) is 13.0 Å². The molecule has 0 saturated heterocycles. The molecule has 1 atom stereocenters. The number of carbonyl (C=O) groups is 1. The number of aromatic hydroxyl groups is 1. The van der Waals surface area contributed by atoms with E-state index in [2.05, 4.69) is 21.2 Å². The number of phenols is 1. The molecule has 0 aliphatic heterocycles. The highest BCUT2D eigenvalue weighted by Gasteiger charge is 2.21. The van der Waals surface area contributed by atoms with E-state index in [1.54, 1.807) is 12.1 Å². The van der Waals surface area contributed by atoms with Gasteiger partial charge in [-0.15, -0.1) is 0 Å². The lowest BCUT2D eigenvalue weighted by Gasteiger charge is -2.19. The normalized spacial score (nSPS) is 12.2. The van der Waals surface area contributed by atoms with Crippen molar-refractivity contribution in [2.24, 2.45) is 0 Å². The van der Waals surface area contributed by atoms with E-state index >= 15 is 0 Å². The van der Waals surface area contributed by atoms with Crippen LogP contribution >= 0.6 is 15.9 Å². The summed E-state index contributed by atoms with van der Waals surface area (Å²) in [5, 5.41) is 13.2. The van der Waals surface area contributed by atoms with Gasteiger partial charge in [-0.1, -0.05) is 46.3 Å². The van der Waals surface area contributed by atoms with E-state index < -0.39 is 0 Å². The van der Waals surface area contributed by atoms with Gasteiger partial charge in [-0.2, -0.15) is 0 Å². The number of likely N-dealkylation sites (N-methyl/N-ethyl adjacent to an activating group) is 1. The third-order valence-electron chi connectivity index (χ3n) is 3.84. The van der Waals surface area contributed by atoms with E-state index in [1.807, 2.05) is 55.4 Å². The second kappa shape index (κ2) is 8.85. The van der Waals surface area contributed by atoms with Crippen LogP contribution in [0.4, 0.5) is 0 Å². The SMILES string of the molecule is CN(C)CCNC(=O)CC(c1ccccc1)c1cc(Br)ccc1O. The Kier molecular flexibility index (Phi) is 6.82. The average Bonchev–Trinajstić information content (AvgIpc) is 2.55. The second-order valence-electron chi connectivity index (χ2n) is 6.02. The van der Waals surface area contributed by atoms with Gasteiger partial charge in [0, 0.05) is 35.5 Å². The summed E-state index contributed by atoms with van der Waals surface area (Å²) in [6.07, 6.45) is 0.293. The summed E-state index contributed by atoms with van der Waals surface area (Å²) in [6.45, 7) is 1.40. The maximum Gasteiger partial charge on any atom is 0.220 e. The van der Waals surface area contributed by atoms with Gasteiger partial charge in [0.05, 0.1) is 0 Å². The van der Waals surface area contributed by atoms with E-state index in [-0.39, 0.29) is 17.6 Å². The Labute approximate surface area is 151 Å². The summed E-state index contributed by atoms with van der Waals surface area (Å²) in [7, 11) is 3.94. The molecule has 0 aliphatic rings. The minimum absolute atomic E-state index is 0.0231. The molecule has 0 bridgehead atoms. The monoisotopic (exact) mass is 390 g/mol. The molecule has 24 heavy (non-hydrogen) atoms. The molecule has 2 aromatic carbocycles. The molecule has 0 heterocycles. The zero-order valence-corrected chi connectivity index (χ0v) is 15.6. The number of phenolic OH excluding ortho intramolecular Hbond substituents is 1. The molecule has 1 amide bonds. The molecule has 2 aromatic rings. The van der Waals surface area contributed by atoms with Crippen molar-refractivity contribution in [2.75, 3.05) is 27.2 Å². The smallest absolute Gasteiger partial charge is 0.220 e. The van der Waals surface area contributed by atoms with Gasteiger partial charge in [-0.3, -0.25) is 4.79 Å². The zero-order chi connectivity index (χ0) is 17.5. The molecule has 4 nitrogen and oxygen atoms in total. The van der Waals surface area contributed by atoms with Crippen molar-refractivity contribution < 1.29 is 9.90 Å². The zero-order valence-electron chi connectivity index (χ0n) is 14.0. The van der Waals surface area contributed by atoms with Gasteiger partial charge in [-0.05, 0) is 37.9 Å². The Morgan fingerprint density at radius 3 is 2.58 bits per heavy atom. The number of hydrogen-bond acceptors (Lipinski definition) is 3. The number of nitrogens with zero attached hydrogens (tertiary/aromatic N) is 1. The molecule has 0 radical (unpaired) electrons. The van der Waals surface area contributed by atoms with Crippen LogP contribution in [0.1, 0.15) is 23.5 Å². The van der Waals surface area contributed by atoms with Crippen molar-refractivity contribution in [2.45, 2.75) is 12.3 Å². The van der Waals surface area contributed by atoms with Crippen molar-refractivity contribution >= 4 is 21.8 Å². The van der Waals surface area contributed by atoms with E-state index in [9.17, 15) is 9.90 Å². The lowest BCUT2D eigenvalue weighted by Crippen LogP contribution is -2.32.